The van der Waals surface area contributed by atoms with Gasteiger partial charge < -0.3 is 9.90 Å². The van der Waals surface area contributed by atoms with Gasteiger partial charge in [-0.25, -0.2) is 0 Å². The van der Waals surface area contributed by atoms with Crippen LogP contribution < -0.4 is 0 Å². The first-order chi connectivity index (χ1) is 13.3. The lowest BCUT2D eigenvalue weighted by atomic mass is 10.0. The van der Waals surface area contributed by atoms with Gasteiger partial charge in [-0.05, 0) is 6.42 Å². The smallest absolute Gasteiger partial charge is 0.122 e. The molecule has 0 saturated carbocycles. The maximum Gasteiger partial charge on any atom is 0.122 e. The molecule has 0 aromatic heterocycles. The molecular weight excluding hydrogens is 332 g/mol. The van der Waals surface area contributed by atoms with Gasteiger partial charge in [0.1, 0.15) is 6.29 Å². The van der Waals surface area contributed by atoms with E-state index in [2.05, 4.69) is 6.92 Å². The van der Waals surface area contributed by atoms with Crippen molar-refractivity contribution in [2.24, 2.45) is 0 Å². The van der Waals surface area contributed by atoms with Crippen molar-refractivity contribution in [3.8, 4) is 0 Å². The fourth-order valence-electron chi connectivity index (χ4n) is 3.86. The number of hydrogen-bond donors (Lipinski definition) is 1. The molecule has 0 bridgehead atoms. The molecule has 0 aromatic carbocycles. The molecule has 1 unspecified atom stereocenters. The molecule has 0 aromatic rings. The van der Waals surface area contributed by atoms with Crippen LogP contribution in [0.4, 0.5) is 0 Å². The van der Waals surface area contributed by atoms with E-state index in [0.29, 0.717) is 6.42 Å². The normalized spacial score (nSPS) is 12.4. The minimum absolute atomic E-state index is 0.305. The number of aldehydes is 1. The Bertz CT molecular complexity index is 277. The van der Waals surface area contributed by atoms with Gasteiger partial charge in [-0.15, -0.1) is 0 Å². The van der Waals surface area contributed by atoms with E-state index in [4.69, 9.17) is 0 Å². The summed E-state index contributed by atoms with van der Waals surface area (Å²) in [5.74, 6) is 0. The van der Waals surface area contributed by atoms with Crippen LogP contribution in [0.5, 0.6) is 0 Å². The van der Waals surface area contributed by atoms with Crippen LogP contribution in [-0.2, 0) is 4.79 Å². The van der Waals surface area contributed by atoms with Crippen LogP contribution in [0.1, 0.15) is 148 Å². The van der Waals surface area contributed by atoms with Crippen molar-refractivity contribution < 1.29 is 9.90 Å². The molecule has 0 aliphatic heterocycles. The van der Waals surface area contributed by atoms with E-state index in [9.17, 15) is 9.90 Å². The summed E-state index contributed by atoms with van der Waals surface area (Å²) < 4.78 is 0. The second-order valence-corrected chi connectivity index (χ2v) is 8.56. The summed E-state index contributed by atoms with van der Waals surface area (Å²) >= 11 is 0. The average Bonchev–Trinajstić information content (AvgIpc) is 2.66. The van der Waals surface area contributed by atoms with Gasteiger partial charge in [-0.1, -0.05) is 135 Å². The first-order valence-corrected chi connectivity index (χ1v) is 12.4. The Morgan fingerprint density at radius 3 is 1.15 bits per heavy atom. The second kappa shape index (κ2) is 23.7. The molecule has 0 amide bonds. The summed E-state index contributed by atoms with van der Waals surface area (Å²) in [7, 11) is 0. The van der Waals surface area contributed by atoms with Crippen LogP contribution in [0.15, 0.2) is 0 Å². The van der Waals surface area contributed by atoms with E-state index in [0.717, 1.165) is 19.1 Å². The monoisotopic (exact) mass is 382 g/mol. The Morgan fingerprint density at radius 2 is 0.852 bits per heavy atom. The highest BCUT2D eigenvalue weighted by molar-refractivity contribution is 5.49. The molecule has 0 aliphatic rings. The van der Waals surface area contributed by atoms with Crippen LogP contribution >= 0.6 is 0 Å². The quantitative estimate of drug-likeness (QED) is 0.143. The number of unbranched alkanes of at least 4 members (excludes halogenated alkanes) is 19. The van der Waals surface area contributed by atoms with Crippen molar-refractivity contribution in [1.29, 1.82) is 0 Å². The second-order valence-electron chi connectivity index (χ2n) is 8.56. The lowest BCUT2D eigenvalue weighted by Gasteiger charge is -2.06. The third kappa shape index (κ3) is 23.6. The van der Waals surface area contributed by atoms with Gasteiger partial charge in [0.25, 0.3) is 0 Å². The van der Waals surface area contributed by atoms with Gasteiger partial charge in [0.15, 0.2) is 0 Å². The van der Waals surface area contributed by atoms with Crippen LogP contribution in [-0.4, -0.2) is 17.5 Å². The SMILES string of the molecule is CCCCCCCCCCCCCCCCCCCCCCC(O)CC=O. The maximum absolute atomic E-state index is 10.3. The van der Waals surface area contributed by atoms with E-state index in [1.807, 2.05) is 0 Å². The Hall–Kier alpha value is -0.370. The van der Waals surface area contributed by atoms with Gasteiger partial charge >= 0.3 is 0 Å². The first-order valence-electron chi connectivity index (χ1n) is 12.4. The maximum atomic E-state index is 10.3. The molecule has 27 heavy (non-hydrogen) atoms. The van der Waals surface area contributed by atoms with Gasteiger partial charge in [0.05, 0.1) is 6.10 Å². The van der Waals surface area contributed by atoms with Crippen molar-refractivity contribution >= 4 is 6.29 Å². The van der Waals surface area contributed by atoms with Crippen molar-refractivity contribution in [1.82, 2.24) is 0 Å². The Balaban J connectivity index is 3.02. The summed E-state index contributed by atoms with van der Waals surface area (Å²) in [6, 6.07) is 0. The number of carbonyl (C=O) groups excluding carboxylic acids is 1. The minimum atomic E-state index is -0.405. The average molecular weight is 383 g/mol. The predicted octanol–water partition coefficient (Wildman–Crippen LogP) is 8.15. The van der Waals surface area contributed by atoms with Crippen LogP contribution in [0.2, 0.25) is 0 Å². The van der Waals surface area contributed by atoms with Crippen molar-refractivity contribution in [2.45, 2.75) is 154 Å². The van der Waals surface area contributed by atoms with Crippen LogP contribution in [0, 0.1) is 0 Å². The van der Waals surface area contributed by atoms with Gasteiger partial charge in [-0.3, -0.25) is 0 Å². The molecule has 1 N–H and O–H groups in total. The largest absolute Gasteiger partial charge is 0.393 e. The topological polar surface area (TPSA) is 37.3 Å². The standard InChI is InChI=1S/C25H50O2/c1-2-3-4-5-6-7-8-9-10-11-12-13-14-15-16-17-18-19-20-21-22-25(27)23-24-26/h24-25,27H,2-23H2,1H3. The zero-order valence-corrected chi connectivity index (χ0v) is 18.6. The van der Waals surface area contributed by atoms with E-state index in [1.54, 1.807) is 0 Å². The summed E-state index contributed by atoms with van der Waals surface area (Å²) in [6.45, 7) is 2.29. The van der Waals surface area contributed by atoms with Crippen molar-refractivity contribution in [3.05, 3.63) is 0 Å². The highest BCUT2D eigenvalue weighted by Gasteiger charge is 2.02. The summed E-state index contributed by atoms with van der Waals surface area (Å²) in [5.41, 5.74) is 0. The molecule has 2 heteroatoms. The molecule has 2 nitrogen and oxygen atoms in total. The molecule has 0 fully saturated rings. The lowest BCUT2D eigenvalue weighted by Crippen LogP contribution is -2.06. The van der Waals surface area contributed by atoms with Gasteiger partial charge in [0, 0.05) is 6.42 Å². The van der Waals surface area contributed by atoms with Crippen LogP contribution in [0.3, 0.4) is 0 Å². The third-order valence-corrected chi connectivity index (χ3v) is 5.76. The summed E-state index contributed by atoms with van der Waals surface area (Å²) in [6.07, 6.45) is 29.3. The molecule has 0 radical (unpaired) electrons. The third-order valence-electron chi connectivity index (χ3n) is 5.76. The Morgan fingerprint density at radius 1 is 0.556 bits per heavy atom. The van der Waals surface area contributed by atoms with Gasteiger partial charge in [-0.2, -0.15) is 0 Å². The molecule has 1 atom stereocenters. The van der Waals surface area contributed by atoms with E-state index >= 15 is 0 Å². The minimum Gasteiger partial charge on any atom is -0.393 e. The Kier molecular flexibility index (Phi) is 23.3. The van der Waals surface area contributed by atoms with E-state index < -0.39 is 6.10 Å². The summed E-state index contributed by atoms with van der Waals surface area (Å²) in [4.78, 5) is 10.3. The van der Waals surface area contributed by atoms with Crippen molar-refractivity contribution in [3.63, 3.8) is 0 Å². The molecule has 162 valence electrons. The number of hydrogen-bond acceptors (Lipinski definition) is 2. The predicted molar refractivity (Wildman–Crippen MR) is 119 cm³/mol. The number of carbonyl (C=O) groups is 1. The zero-order valence-electron chi connectivity index (χ0n) is 18.6. The van der Waals surface area contributed by atoms with E-state index in [1.165, 1.54) is 122 Å². The molecule has 0 saturated heterocycles. The van der Waals surface area contributed by atoms with Crippen molar-refractivity contribution in [2.75, 3.05) is 0 Å². The summed E-state index contributed by atoms with van der Waals surface area (Å²) in [5, 5.41) is 9.47. The highest BCUT2D eigenvalue weighted by Crippen LogP contribution is 2.15. The molecule has 0 rings (SSSR count). The molecular formula is C25H50O2. The number of rotatable bonds is 23. The fraction of sp³-hybridized carbons (Fsp3) is 0.960. The lowest BCUT2D eigenvalue weighted by molar-refractivity contribution is -0.109. The van der Waals surface area contributed by atoms with E-state index in [-0.39, 0.29) is 0 Å². The highest BCUT2D eigenvalue weighted by atomic mass is 16.3. The zero-order chi connectivity index (χ0) is 19.8. The Labute approximate surface area is 170 Å². The van der Waals surface area contributed by atoms with Gasteiger partial charge in [0.2, 0.25) is 0 Å². The fourth-order valence-corrected chi connectivity index (χ4v) is 3.86. The van der Waals surface area contributed by atoms with Crippen LogP contribution in [0.25, 0.3) is 0 Å². The number of aliphatic hydroxyl groups excluding tert-OH is 1. The molecule has 0 aliphatic carbocycles. The first kappa shape index (κ1) is 26.6. The molecule has 0 heterocycles. The molecule has 0 spiro atoms. The number of aliphatic hydroxyl groups is 1.